The molecule has 0 aliphatic heterocycles. The Morgan fingerprint density at radius 2 is 1.86 bits per heavy atom. The van der Waals surface area contributed by atoms with Crippen molar-refractivity contribution < 1.29 is 17.9 Å². The van der Waals surface area contributed by atoms with E-state index in [4.69, 9.17) is 4.74 Å². The molecule has 0 fully saturated rings. The Hall–Kier alpha value is -2.82. The first kappa shape index (κ1) is 19.9. The summed E-state index contributed by atoms with van der Waals surface area (Å²) in [6.45, 7) is 1.78. The van der Waals surface area contributed by atoms with E-state index in [-0.39, 0.29) is 4.90 Å². The van der Waals surface area contributed by atoms with Gasteiger partial charge in [-0.15, -0.1) is 5.10 Å². The van der Waals surface area contributed by atoms with Gasteiger partial charge in [0.1, 0.15) is 16.3 Å². The Labute approximate surface area is 166 Å². The summed E-state index contributed by atoms with van der Waals surface area (Å²) in [6, 6.07) is 11.7. The first-order chi connectivity index (χ1) is 13.4. The summed E-state index contributed by atoms with van der Waals surface area (Å²) in [5, 5.41) is 6.81. The molecule has 1 aromatic heterocycles. The SMILES string of the molecule is CNS(=O)(=O)c1ccc(C)c(NC(=O)c2snnc2-c2ccc(OC)cc2)c1. The van der Waals surface area contributed by atoms with Crippen molar-refractivity contribution in [1.82, 2.24) is 14.3 Å². The lowest BCUT2D eigenvalue weighted by atomic mass is 10.1. The highest BCUT2D eigenvalue weighted by atomic mass is 32.2. The number of nitrogens with one attached hydrogen (secondary N) is 2. The number of nitrogens with zero attached hydrogens (tertiary/aromatic N) is 2. The summed E-state index contributed by atoms with van der Waals surface area (Å²) in [5.41, 5.74) is 2.30. The van der Waals surface area contributed by atoms with Crippen molar-refractivity contribution >= 4 is 33.2 Å². The second-order valence-electron chi connectivity index (χ2n) is 5.82. The molecular formula is C18H18N4O4S2. The fraction of sp³-hybridized carbons (Fsp3) is 0.167. The topological polar surface area (TPSA) is 110 Å². The third-order valence-electron chi connectivity index (χ3n) is 4.09. The maximum absolute atomic E-state index is 12.8. The number of hydrogen-bond acceptors (Lipinski definition) is 7. The van der Waals surface area contributed by atoms with Crippen molar-refractivity contribution in [2.24, 2.45) is 0 Å². The molecule has 0 aliphatic carbocycles. The van der Waals surface area contributed by atoms with Crippen LogP contribution in [0.2, 0.25) is 0 Å². The first-order valence-electron chi connectivity index (χ1n) is 8.18. The number of aromatic nitrogens is 2. The smallest absolute Gasteiger partial charge is 0.269 e. The maximum atomic E-state index is 12.8. The van der Waals surface area contributed by atoms with Crippen molar-refractivity contribution in [3.8, 4) is 17.0 Å². The molecule has 1 heterocycles. The molecule has 3 aromatic rings. The number of sulfonamides is 1. The van der Waals surface area contributed by atoms with Gasteiger partial charge in [-0.25, -0.2) is 13.1 Å². The Kier molecular flexibility index (Phi) is 5.73. The molecule has 0 bridgehead atoms. The minimum Gasteiger partial charge on any atom is -0.497 e. The molecule has 10 heteroatoms. The largest absolute Gasteiger partial charge is 0.497 e. The zero-order valence-electron chi connectivity index (χ0n) is 15.4. The standard InChI is InChI=1S/C18H18N4O4S2/c1-11-4-9-14(28(24,25)19-2)10-15(11)20-18(23)17-16(21-22-27-17)12-5-7-13(26-3)8-6-12/h4-10,19H,1-3H3,(H,20,23). The molecule has 0 aliphatic rings. The molecular weight excluding hydrogens is 400 g/mol. The molecule has 8 nitrogen and oxygen atoms in total. The normalized spacial score (nSPS) is 11.2. The number of anilines is 1. The predicted octanol–water partition coefficient (Wildman–Crippen LogP) is 2.68. The first-order valence-corrected chi connectivity index (χ1v) is 10.4. The van der Waals surface area contributed by atoms with E-state index >= 15 is 0 Å². The van der Waals surface area contributed by atoms with Crippen LogP contribution in [0.5, 0.6) is 5.75 Å². The summed E-state index contributed by atoms with van der Waals surface area (Å²) in [5.74, 6) is 0.277. The molecule has 28 heavy (non-hydrogen) atoms. The Morgan fingerprint density at radius 3 is 2.50 bits per heavy atom. The molecule has 0 saturated carbocycles. The van der Waals surface area contributed by atoms with Crippen LogP contribution in [-0.2, 0) is 10.0 Å². The highest BCUT2D eigenvalue weighted by Crippen LogP contribution is 2.27. The lowest BCUT2D eigenvalue weighted by Crippen LogP contribution is -2.19. The molecule has 146 valence electrons. The van der Waals surface area contributed by atoms with Gasteiger partial charge in [0.15, 0.2) is 0 Å². The number of methoxy groups -OCH3 is 1. The highest BCUT2D eigenvalue weighted by molar-refractivity contribution is 7.89. The van der Waals surface area contributed by atoms with Crippen LogP contribution in [0.25, 0.3) is 11.3 Å². The van der Waals surface area contributed by atoms with E-state index < -0.39 is 15.9 Å². The van der Waals surface area contributed by atoms with Crippen molar-refractivity contribution in [2.75, 3.05) is 19.5 Å². The predicted molar refractivity (Wildman–Crippen MR) is 107 cm³/mol. The van der Waals surface area contributed by atoms with Gasteiger partial charge in [-0.3, -0.25) is 4.79 Å². The zero-order valence-corrected chi connectivity index (χ0v) is 17.0. The quantitative estimate of drug-likeness (QED) is 0.637. The van der Waals surface area contributed by atoms with Gasteiger partial charge in [0.25, 0.3) is 5.91 Å². The van der Waals surface area contributed by atoms with Crippen LogP contribution < -0.4 is 14.8 Å². The van der Waals surface area contributed by atoms with Gasteiger partial charge in [0.2, 0.25) is 10.0 Å². The van der Waals surface area contributed by atoms with Gasteiger partial charge >= 0.3 is 0 Å². The van der Waals surface area contributed by atoms with Crippen LogP contribution >= 0.6 is 11.5 Å². The van der Waals surface area contributed by atoms with Crippen LogP contribution in [0.4, 0.5) is 5.69 Å². The maximum Gasteiger partial charge on any atom is 0.269 e. The molecule has 0 unspecified atom stereocenters. The highest BCUT2D eigenvalue weighted by Gasteiger charge is 2.20. The van der Waals surface area contributed by atoms with Crippen LogP contribution in [-0.4, -0.2) is 38.1 Å². The average Bonchev–Trinajstić information content (AvgIpc) is 3.19. The number of aryl methyl sites for hydroxylation is 1. The third-order valence-corrected chi connectivity index (χ3v) is 6.23. The third kappa shape index (κ3) is 4.03. The van der Waals surface area contributed by atoms with Crippen molar-refractivity contribution in [3.63, 3.8) is 0 Å². The summed E-state index contributed by atoms with van der Waals surface area (Å²) < 4.78 is 35.3. The minimum absolute atomic E-state index is 0.0636. The molecule has 3 rings (SSSR count). The molecule has 1 amide bonds. The van der Waals surface area contributed by atoms with Crippen LogP contribution in [0.1, 0.15) is 15.2 Å². The molecule has 0 atom stereocenters. The summed E-state index contributed by atoms with van der Waals surface area (Å²) in [7, 11) is -0.717. The number of ether oxygens (including phenoxy) is 1. The molecule has 0 radical (unpaired) electrons. The minimum atomic E-state index is -3.62. The van der Waals surface area contributed by atoms with Crippen molar-refractivity contribution in [2.45, 2.75) is 11.8 Å². The van der Waals surface area contributed by atoms with Crippen LogP contribution in [0.15, 0.2) is 47.4 Å². The summed E-state index contributed by atoms with van der Waals surface area (Å²) >= 11 is 0.967. The van der Waals surface area contributed by atoms with Crippen molar-refractivity contribution in [1.29, 1.82) is 0 Å². The lowest BCUT2D eigenvalue weighted by molar-refractivity contribution is 0.103. The number of hydrogen-bond donors (Lipinski definition) is 2. The molecule has 0 saturated heterocycles. The van der Waals surface area contributed by atoms with Gasteiger partial charge in [-0.2, -0.15) is 0 Å². The van der Waals surface area contributed by atoms with Gasteiger partial charge in [0.05, 0.1) is 12.0 Å². The monoisotopic (exact) mass is 418 g/mol. The molecule has 2 N–H and O–H groups in total. The van der Waals surface area contributed by atoms with Gasteiger partial charge in [-0.05, 0) is 67.5 Å². The lowest BCUT2D eigenvalue weighted by Gasteiger charge is -2.10. The van der Waals surface area contributed by atoms with E-state index in [1.807, 2.05) is 0 Å². The molecule has 0 spiro atoms. The Morgan fingerprint density at radius 1 is 1.14 bits per heavy atom. The fourth-order valence-electron chi connectivity index (χ4n) is 2.48. The summed E-state index contributed by atoms with van der Waals surface area (Å²) in [4.78, 5) is 13.2. The van der Waals surface area contributed by atoms with E-state index in [2.05, 4.69) is 19.6 Å². The van der Waals surface area contributed by atoms with E-state index in [0.29, 0.717) is 22.0 Å². The number of carbonyl (C=O) groups excluding carboxylic acids is 1. The number of rotatable bonds is 6. The van der Waals surface area contributed by atoms with E-state index in [0.717, 1.165) is 22.7 Å². The van der Waals surface area contributed by atoms with Gasteiger partial charge in [0, 0.05) is 11.3 Å². The van der Waals surface area contributed by atoms with E-state index in [1.165, 1.54) is 19.2 Å². The van der Waals surface area contributed by atoms with Crippen LogP contribution in [0.3, 0.4) is 0 Å². The second-order valence-corrected chi connectivity index (χ2v) is 8.46. The zero-order chi connectivity index (χ0) is 20.3. The van der Waals surface area contributed by atoms with E-state index in [9.17, 15) is 13.2 Å². The van der Waals surface area contributed by atoms with E-state index in [1.54, 1.807) is 44.4 Å². The number of amides is 1. The van der Waals surface area contributed by atoms with Gasteiger partial charge < -0.3 is 10.1 Å². The second kappa shape index (κ2) is 8.05. The number of carbonyl (C=O) groups is 1. The Balaban J connectivity index is 1.91. The number of benzene rings is 2. The fourth-order valence-corrected chi connectivity index (χ4v) is 3.82. The average molecular weight is 419 g/mol. The van der Waals surface area contributed by atoms with Crippen LogP contribution in [0, 0.1) is 6.92 Å². The van der Waals surface area contributed by atoms with Crippen molar-refractivity contribution in [3.05, 3.63) is 52.9 Å². The van der Waals surface area contributed by atoms with Gasteiger partial charge in [-0.1, -0.05) is 10.6 Å². The molecule has 2 aromatic carbocycles. The Bertz CT molecular complexity index is 1110. The summed E-state index contributed by atoms with van der Waals surface area (Å²) in [6.07, 6.45) is 0.